The van der Waals surface area contributed by atoms with Crippen molar-refractivity contribution in [2.45, 2.75) is 11.4 Å². The van der Waals surface area contributed by atoms with Gasteiger partial charge in [-0.05, 0) is 29.8 Å². The van der Waals surface area contributed by atoms with Gasteiger partial charge in [0, 0.05) is 12.1 Å². The lowest BCUT2D eigenvalue weighted by Gasteiger charge is -2.07. The summed E-state index contributed by atoms with van der Waals surface area (Å²) in [5, 5.41) is 8.61. The first-order valence-corrected chi connectivity index (χ1v) is 7.83. The van der Waals surface area contributed by atoms with Gasteiger partial charge in [0.15, 0.2) is 0 Å². The summed E-state index contributed by atoms with van der Waals surface area (Å²) >= 11 is 0. The van der Waals surface area contributed by atoms with E-state index in [2.05, 4.69) is 16.6 Å². The second-order valence-corrected chi connectivity index (χ2v) is 6.06. The lowest BCUT2D eigenvalue weighted by atomic mass is 10.2. The molecule has 0 saturated heterocycles. The predicted molar refractivity (Wildman–Crippen MR) is 80.9 cm³/mol. The second kappa shape index (κ2) is 7.04. The quantitative estimate of drug-likeness (QED) is 0.841. The summed E-state index contributed by atoms with van der Waals surface area (Å²) in [4.78, 5) is 0.188. The van der Waals surface area contributed by atoms with Crippen molar-refractivity contribution in [2.24, 2.45) is 0 Å². The topological polar surface area (TPSA) is 66.4 Å². The Kier molecular flexibility index (Phi) is 5.12. The molecule has 0 radical (unpaired) electrons. The van der Waals surface area contributed by atoms with Crippen LogP contribution in [0.4, 0.5) is 0 Å². The number of rotatable bonds is 4. The van der Waals surface area contributed by atoms with Crippen LogP contribution in [0, 0.1) is 11.8 Å². The van der Waals surface area contributed by atoms with Gasteiger partial charge in [-0.2, -0.15) is 0 Å². The van der Waals surface area contributed by atoms with Crippen LogP contribution in [0.15, 0.2) is 59.5 Å². The molecule has 0 aliphatic rings. The fraction of sp³-hybridized carbons (Fsp3) is 0.125. The van der Waals surface area contributed by atoms with Crippen LogP contribution in [0.1, 0.15) is 11.1 Å². The summed E-state index contributed by atoms with van der Waals surface area (Å²) in [6, 6.07) is 15.5. The minimum Gasteiger partial charge on any atom is -0.384 e. The molecule has 108 valence electrons. The molecule has 0 aliphatic carbocycles. The summed E-state index contributed by atoms with van der Waals surface area (Å²) in [6.45, 7) is 0.0217. The van der Waals surface area contributed by atoms with Crippen LogP contribution in [0.25, 0.3) is 0 Å². The Balaban J connectivity index is 2.09. The summed E-state index contributed by atoms with van der Waals surface area (Å²) in [6.07, 6.45) is 0. The molecular weight excluding hydrogens is 286 g/mol. The Morgan fingerprint density at radius 1 is 1.00 bits per heavy atom. The van der Waals surface area contributed by atoms with E-state index in [9.17, 15) is 8.42 Å². The van der Waals surface area contributed by atoms with E-state index in [0.717, 1.165) is 5.56 Å². The van der Waals surface area contributed by atoms with Crippen molar-refractivity contribution in [3.05, 3.63) is 65.7 Å². The molecule has 0 atom stereocenters. The van der Waals surface area contributed by atoms with E-state index in [4.69, 9.17) is 5.11 Å². The molecule has 4 nitrogen and oxygen atoms in total. The third-order valence-electron chi connectivity index (χ3n) is 2.79. The van der Waals surface area contributed by atoms with Crippen LogP contribution >= 0.6 is 0 Å². The van der Waals surface area contributed by atoms with Crippen LogP contribution in [0.3, 0.4) is 0 Å². The maximum Gasteiger partial charge on any atom is 0.240 e. The number of benzene rings is 2. The van der Waals surface area contributed by atoms with Gasteiger partial charge in [-0.25, -0.2) is 13.1 Å². The molecule has 21 heavy (non-hydrogen) atoms. The average molecular weight is 301 g/mol. The molecule has 0 unspecified atom stereocenters. The van der Waals surface area contributed by atoms with Crippen molar-refractivity contribution >= 4 is 10.0 Å². The Morgan fingerprint density at radius 2 is 1.67 bits per heavy atom. The van der Waals surface area contributed by atoms with Crippen LogP contribution in [-0.2, 0) is 16.6 Å². The third-order valence-corrected chi connectivity index (χ3v) is 4.20. The zero-order chi connectivity index (χ0) is 15.1. The van der Waals surface area contributed by atoms with E-state index < -0.39 is 10.0 Å². The lowest BCUT2D eigenvalue weighted by molar-refractivity contribution is 0.350. The highest BCUT2D eigenvalue weighted by atomic mass is 32.2. The number of hydrogen-bond donors (Lipinski definition) is 2. The van der Waals surface area contributed by atoms with Crippen LogP contribution in [-0.4, -0.2) is 20.1 Å². The van der Waals surface area contributed by atoms with Crippen molar-refractivity contribution in [1.82, 2.24) is 4.72 Å². The van der Waals surface area contributed by atoms with Crippen LogP contribution < -0.4 is 4.72 Å². The summed E-state index contributed by atoms with van der Waals surface area (Å²) in [5.74, 6) is 5.23. The molecule has 2 rings (SSSR count). The average Bonchev–Trinajstić information content (AvgIpc) is 2.52. The molecule has 0 fully saturated rings. The normalized spacial score (nSPS) is 10.7. The Hall–Kier alpha value is -2.13. The molecule has 0 aromatic heterocycles. The molecule has 0 amide bonds. The summed E-state index contributed by atoms with van der Waals surface area (Å²) in [5.41, 5.74) is 1.55. The van der Waals surface area contributed by atoms with Gasteiger partial charge in [0.05, 0.1) is 4.90 Å². The van der Waals surface area contributed by atoms with Crippen molar-refractivity contribution in [3.63, 3.8) is 0 Å². The molecule has 0 aliphatic heterocycles. The van der Waals surface area contributed by atoms with Gasteiger partial charge in [-0.1, -0.05) is 42.2 Å². The Morgan fingerprint density at radius 3 is 2.29 bits per heavy atom. The predicted octanol–water partition coefficient (Wildman–Crippen LogP) is 1.51. The van der Waals surface area contributed by atoms with Gasteiger partial charge in [0.1, 0.15) is 6.61 Å². The highest BCUT2D eigenvalue weighted by Crippen LogP contribution is 2.11. The summed E-state index contributed by atoms with van der Waals surface area (Å²) in [7, 11) is -3.54. The monoisotopic (exact) mass is 301 g/mol. The van der Waals surface area contributed by atoms with E-state index in [-0.39, 0.29) is 18.0 Å². The Labute approximate surface area is 124 Å². The maximum atomic E-state index is 12.1. The molecule has 0 spiro atoms. The smallest absolute Gasteiger partial charge is 0.240 e. The van der Waals surface area contributed by atoms with Gasteiger partial charge < -0.3 is 5.11 Å². The fourth-order valence-electron chi connectivity index (χ4n) is 1.72. The van der Waals surface area contributed by atoms with E-state index in [1.807, 2.05) is 30.3 Å². The Bertz CT molecular complexity index is 742. The molecular formula is C16H15NO3S. The van der Waals surface area contributed by atoms with Crippen molar-refractivity contribution in [2.75, 3.05) is 6.61 Å². The number of sulfonamides is 1. The van der Waals surface area contributed by atoms with Gasteiger partial charge in [0.2, 0.25) is 10.0 Å². The van der Waals surface area contributed by atoms with E-state index >= 15 is 0 Å². The van der Waals surface area contributed by atoms with Crippen LogP contribution in [0.5, 0.6) is 0 Å². The largest absolute Gasteiger partial charge is 0.384 e. The number of aliphatic hydroxyl groups is 1. The molecule has 0 saturated carbocycles. The number of aliphatic hydroxyl groups excluding tert-OH is 1. The van der Waals surface area contributed by atoms with Crippen LogP contribution in [0.2, 0.25) is 0 Å². The molecule has 2 aromatic carbocycles. The fourth-order valence-corrected chi connectivity index (χ4v) is 2.73. The minimum atomic E-state index is -3.54. The highest BCUT2D eigenvalue weighted by Gasteiger charge is 2.12. The van der Waals surface area contributed by atoms with Gasteiger partial charge in [-0.15, -0.1) is 0 Å². The van der Waals surface area contributed by atoms with Gasteiger partial charge >= 0.3 is 0 Å². The molecule has 2 aromatic rings. The zero-order valence-corrected chi connectivity index (χ0v) is 12.1. The highest BCUT2D eigenvalue weighted by molar-refractivity contribution is 7.89. The van der Waals surface area contributed by atoms with Gasteiger partial charge in [-0.3, -0.25) is 0 Å². The first-order chi connectivity index (χ1) is 10.1. The standard InChI is InChI=1S/C16H15NO3S/c18-12-4-7-14-8-10-16(11-9-14)21(19,20)17-13-15-5-2-1-3-6-15/h1-3,5-6,8-11,17-18H,12-13H2. The lowest BCUT2D eigenvalue weighted by Crippen LogP contribution is -2.23. The van der Waals surface area contributed by atoms with Crippen molar-refractivity contribution < 1.29 is 13.5 Å². The van der Waals surface area contributed by atoms with E-state index in [1.54, 1.807) is 12.1 Å². The zero-order valence-electron chi connectivity index (χ0n) is 11.3. The summed E-state index contributed by atoms with van der Waals surface area (Å²) < 4.78 is 26.8. The first kappa shape index (κ1) is 15.3. The molecule has 0 bridgehead atoms. The van der Waals surface area contributed by atoms with E-state index in [1.165, 1.54) is 12.1 Å². The number of nitrogens with one attached hydrogen (secondary N) is 1. The second-order valence-electron chi connectivity index (χ2n) is 4.29. The van der Waals surface area contributed by atoms with E-state index in [0.29, 0.717) is 5.56 Å². The number of hydrogen-bond acceptors (Lipinski definition) is 3. The SMILES string of the molecule is O=S(=O)(NCc1ccccc1)c1ccc(C#CCO)cc1. The molecule has 0 heterocycles. The minimum absolute atomic E-state index is 0.188. The van der Waals surface area contributed by atoms with Crippen molar-refractivity contribution in [3.8, 4) is 11.8 Å². The first-order valence-electron chi connectivity index (χ1n) is 6.35. The third kappa shape index (κ3) is 4.43. The molecule has 5 heteroatoms. The van der Waals surface area contributed by atoms with Crippen molar-refractivity contribution in [1.29, 1.82) is 0 Å². The van der Waals surface area contributed by atoms with Gasteiger partial charge in [0.25, 0.3) is 0 Å². The maximum absolute atomic E-state index is 12.1. The molecule has 2 N–H and O–H groups in total.